The molecule has 212 valence electrons. The zero-order valence-corrected chi connectivity index (χ0v) is 24.3. The molecule has 0 spiro atoms. The van der Waals surface area contributed by atoms with E-state index in [0.717, 1.165) is 5.56 Å². The third-order valence-corrected chi connectivity index (χ3v) is 7.81. The number of hydrazine groups is 1. The zero-order chi connectivity index (χ0) is 29.5. The van der Waals surface area contributed by atoms with E-state index >= 15 is 0 Å². The number of thiocarbonyl (C=S) groups is 1. The van der Waals surface area contributed by atoms with Gasteiger partial charge >= 0.3 is 0 Å². The molecule has 1 heterocycles. The number of hydrogen-bond donors (Lipinski definition) is 4. The van der Waals surface area contributed by atoms with Gasteiger partial charge in [-0.05, 0) is 72.7 Å². The molecule has 10 nitrogen and oxygen atoms in total. The molecule has 0 bridgehead atoms. The Morgan fingerprint density at radius 1 is 0.854 bits per heavy atom. The van der Waals surface area contributed by atoms with Crippen LogP contribution in [0.25, 0.3) is 0 Å². The molecule has 1 amide bonds. The van der Waals surface area contributed by atoms with E-state index in [-0.39, 0.29) is 21.4 Å². The lowest BCUT2D eigenvalue weighted by molar-refractivity contribution is -0.127. The van der Waals surface area contributed by atoms with Crippen molar-refractivity contribution in [3.63, 3.8) is 0 Å². The first-order valence-electron chi connectivity index (χ1n) is 12.6. The first-order valence-corrected chi connectivity index (χ1v) is 14.5. The van der Waals surface area contributed by atoms with Gasteiger partial charge in [-0.2, -0.15) is 0 Å². The second-order valence-electron chi connectivity index (χ2n) is 9.55. The Bertz CT molecular complexity index is 1580. The predicted octanol–water partition coefficient (Wildman–Crippen LogP) is 4.39. The molecule has 0 aliphatic heterocycles. The molecule has 0 aliphatic carbocycles. The fourth-order valence-electron chi connectivity index (χ4n) is 3.86. The molecular weight excluding hydrogens is 560 g/mol. The van der Waals surface area contributed by atoms with Gasteiger partial charge in [0, 0.05) is 23.5 Å². The highest BCUT2D eigenvalue weighted by Gasteiger charge is 2.23. The van der Waals surface area contributed by atoms with Crippen molar-refractivity contribution in [2.75, 3.05) is 10.0 Å². The summed E-state index contributed by atoms with van der Waals surface area (Å²) in [6.07, 6.45) is 2.06. The number of anilines is 2. The fraction of sp³-hybridized carbons (Fsp3) is 0.172. The molecule has 0 unspecified atom stereocenters. The number of ether oxygens (including phenoxy) is 1. The Balaban J connectivity index is 1.25. The number of nitrogens with one attached hydrogen (secondary N) is 4. The molecule has 0 saturated heterocycles. The van der Waals surface area contributed by atoms with Crippen molar-refractivity contribution in [2.45, 2.75) is 37.2 Å². The van der Waals surface area contributed by atoms with Crippen LogP contribution < -0.4 is 25.6 Å². The average Bonchev–Trinajstić information content (AvgIpc) is 2.97. The Hall–Kier alpha value is -4.55. The molecule has 4 aromatic rings. The number of aromatic nitrogens is 2. The summed E-state index contributed by atoms with van der Waals surface area (Å²) in [6.45, 7) is 5.95. The highest BCUT2D eigenvalue weighted by molar-refractivity contribution is 7.92. The summed E-state index contributed by atoms with van der Waals surface area (Å²) in [6, 6.07) is 25.4. The predicted molar refractivity (Wildman–Crippen MR) is 162 cm³/mol. The second-order valence-corrected chi connectivity index (χ2v) is 11.6. The molecule has 0 saturated carbocycles. The fourth-order valence-corrected chi connectivity index (χ4v) is 4.99. The van der Waals surface area contributed by atoms with Crippen molar-refractivity contribution in [2.24, 2.45) is 0 Å². The molecule has 1 atom stereocenters. The standard InChI is InChI=1S/C29H30N6O4S2/c1-20(39-24-14-10-22(11-15-24)29(2,3)21-8-5-4-6-9-21)26(36)33-34-28(40)32-23-12-16-25(17-13-23)41(37,38)35-27-30-18-7-19-31-27/h4-20H,1-3H3,(H,33,36)(H,30,31,35)(H2,32,34,40)/t20-/m1/s1. The number of benzene rings is 3. The maximum atomic E-state index is 12.6. The molecule has 4 N–H and O–H groups in total. The molecule has 0 radical (unpaired) electrons. The zero-order valence-electron chi connectivity index (χ0n) is 22.7. The summed E-state index contributed by atoms with van der Waals surface area (Å²) in [7, 11) is -3.86. The van der Waals surface area contributed by atoms with Gasteiger partial charge in [-0.1, -0.05) is 56.3 Å². The van der Waals surface area contributed by atoms with Crippen LogP contribution in [-0.4, -0.2) is 35.5 Å². The van der Waals surface area contributed by atoms with E-state index in [9.17, 15) is 13.2 Å². The second kappa shape index (κ2) is 12.7. The van der Waals surface area contributed by atoms with Crippen molar-refractivity contribution < 1.29 is 17.9 Å². The van der Waals surface area contributed by atoms with Crippen LogP contribution in [-0.2, 0) is 20.2 Å². The number of nitrogens with zero attached hydrogens (tertiary/aromatic N) is 2. The number of carbonyl (C=O) groups is 1. The van der Waals surface area contributed by atoms with Gasteiger partial charge in [0.15, 0.2) is 11.2 Å². The quantitative estimate of drug-likeness (QED) is 0.165. The highest BCUT2D eigenvalue weighted by atomic mass is 32.2. The molecule has 12 heteroatoms. The summed E-state index contributed by atoms with van der Waals surface area (Å²) < 4.78 is 33.1. The summed E-state index contributed by atoms with van der Waals surface area (Å²) >= 11 is 5.23. The summed E-state index contributed by atoms with van der Waals surface area (Å²) in [5.41, 5.74) is 7.77. The van der Waals surface area contributed by atoms with Gasteiger partial charge in [0.25, 0.3) is 15.9 Å². The van der Waals surface area contributed by atoms with Crippen molar-refractivity contribution in [3.8, 4) is 5.75 Å². The number of rotatable bonds is 9. The minimum Gasteiger partial charge on any atom is -0.481 e. The lowest BCUT2D eigenvalue weighted by Gasteiger charge is -2.26. The van der Waals surface area contributed by atoms with E-state index in [2.05, 4.69) is 56.8 Å². The van der Waals surface area contributed by atoms with Crippen LogP contribution in [0.5, 0.6) is 5.75 Å². The third kappa shape index (κ3) is 7.77. The lowest BCUT2D eigenvalue weighted by atomic mass is 9.78. The molecule has 1 aromatic heterocycles. The minimum absolute atomic E-state index is 0.0188. The van der Waals surface area contributed by atoms with E-state index in [0.29, 0.717) is 11.4 Å². The van der Waals surface area contributed by atoms with Crippen LogP contribution in [0, 0.1) is 0 Å². The van der Waals surface area contributed by atoms with Gasteiger partial charge in [0.2, 0.25) is 5.95 Å². The molecular formula is C29H30N6O4S2. The molecule has 0 fully saturated rings. The van der Waals surface area contributed by atoms with E-state index in [4.69, 9.17) is 17.0 Å². The summed E-state index contributed by atoms with van der Waals surface area (Å²) in [5, 5.41) is 2.97. The number of sulfonamides is 1. The van der Waals surface area contributed by atoms with Crippen molar-refractivity contribution in [1.82, 2.24) is 20.8 Å². The molecule has 0 aliphatic rings. The highest BCUT2D eigenvalue weighted by Crippen LogP contribution is 2.32. The number of hydrogen-bond acceptors (Lipinski definition) is 7. The van der Waals surface area contributed by atoms with Gasteiger partial charge in [0.05, 0.1) is 4.90 Å². The Morgan fingerprint density at radius 3 is 2.10 bits per heavy atom. The Kier molecular flexibility index (Phi) is 9.15. The van der Waals surface area contributed by atoms with E-state index in [1.54, 1.807) is 13.0 Å². The van der Waals surface area contributed by atoms with E-state index < -0.39 is 22.0 Å². The summed E-state index contributed by atoms with van der Waals surface area (Å²) in [4.78, 5) is 20.3. The van der Waals surface area contributed by atoms with Crippen molar-refractivity contribution in [3.05, 3.63) is 108 Å². The normalized spacial score (nSPS) is 12.1. The van der Waals surface area contributed by atoms with E-state index in [1.165, 1.54) is 42.2 Å². The summed E-state index contributed by atoms with van der Waals surface area (Å²) in [5.74, 6) is 0.0980. The monoisotopic (exact) mass is 590 g/mol. The smallest absolute Gasteiger partial charge is 0.279 e. The van der Waals surface area contributed by atoms with E-state index in [1.807, 2.05) is 42.5 Å². The SMILES string of the molecule is C[C@@H](Oc1ccc(C(C)(C)c2ccccc2)cc1)C(=O)NNC(=S)Nc1ccc(S(=O)(=O)Nc2ncccn2)cc1. The van der Waals surface area contributed by atoms with Gasteiger partial charge < -0.3 is 10.1 Å². The van der Waals surface area contributed by atoms with Crippen LogP contribution in [0.15, 0.2) is 102 Å². The van der Waals surface area contributed by atoms with Gasteiger partial charge in [-0.15, -0.1) is 0 Å². The largest absolute Gasteiger partial charge is 0.481 e. The van der Waals surface area contributed by atoms with Crippen molar-refractivity contribution >= 4 is 44.9 Å². The Labute approximate surface area is 244 Å². The van der Waals surface area contributed by atoms with Crippen LogP contribution >= 0.6 is 12.2 Å². The van der Waals surface area contributed by atoms with Gasteiger partial charge in [0.1, 0.15) is 5.75 Å². The maximum absolute atomic E-state index is 12.6. The van der Waals surface area contributed by atoms with Gasteiger partial charge in [-0.3, -0.25) is 15.6 Å². The average molecular weight is 591 g/mol. The Morgan fingerprint density at radius 2 is 1.46 bits per heavy atom. The molecule has 41 heavy (non-hydrogen) atoms. The lowest BCUT2D eigenvalue weighted by Crippen LogP contribution is -2.48. The van der Waals surface area contributed by atoms with Crippen LogP contribution in [0.4, 0.5) is 11.6 Å². The van der Waals surface area contributed by atoms with Gasteiger partial charge in [-0.25, -0.2) is 23.1 Å². The molecule has 3 aromatic carbocycles. The maximum Gasteiger partial charge on any atom is 0.279 e. The number of carbonyl (C=O) groups excluding carboxylic acids is 1. The first kappa shape index (κ1) is 29.4. The first-order chi connectivity index (χ1) is 19.5. The number of amides is 1. The van der Waals surface area contributed by atoms with Crippen LogP contribution in [0.1, 0.15) is 31.9 Å². The topological polar surface area (TPSA) is 134 Å². The van der Waals surface area contributed by atoms with Crippen LogP contribution in [0.3, 0.4) is 0 Å². The minimum atomic E-state index is -3.86. The van der Waals surface area contributed by atoms with Crippen LogP contribution in [0.2, 0.25) is 0 Å². The third-order valence-electron chi connectivity index (χ3n) is 6.27. The molecule has 4 rings (SSSR count). The van der Waals surface area contributed by atoms with Crippen molar-refractivity contribution in [1.29, 1.82) is 0 Å².